The van der Waals surface area contributed by atoms with E-state index in [1.165, 1.54) is 24.3 Å². The molecule has 0 saturated carbocycles. The molecular weight excluding hydrogens is 729 g/mol. The molecule has 0 radical (unpaired) electrons. The standard InChI is InChI=1S/C50H29F6N/c51-49(52,53)37-20-14-30(15-21-37)34-26-35(31-16-22-38(23-17-31)50(54,55)56)28-36(27-34)33-19-25-45-44(29-33)47-42-13-7-6-12-41(42)43-24-18-32-8-4-5-11-40(32)46(43)48(47)57(45)39-9-2-1-3-10-39/h1-29H. The van der Waals surface area contributed by atoms with Crippen molar-refractivity contribution in [1.82, 2.24) is 4.57 Å². The van der Waals surface area contributed by atoms with Crippen molar-refractivity contribution in [3.8, 4) is 39.1 Å². The Kier molecular flexibility index (Phi) is 7.80. The highest BCUT2D eigenvalue weighted by Gasteiger charge is 2.31. The van der Waals surface area contributed by atoms with Gasteiger partial charge in [-0.15, -0.1) is 0 Å². The van der Waals surface area contributed by atoms with Crippen LogP contribution >= 0.6 is 0 Å². The van der Waals surface area contributed by atoms with Gasteiger partial charge in [-0.2, -0.15) is 26.3 Å². The molecule has 9 aromatic carbocycles. The van der Waals surface area contributed by atoms with Gasteiger partial charge in [0.05, 0.1) is 22.2 Å². The quantitative estimate of drug-likeness (QED) is 0.124. The Morgan fingerprint density at radius 1 is 0.333 bits per heavy atom. The largest absolute Gasteiger partial charge is 0.416 e. The fourth-order valence-corrected chi connectivity index (χ4v) is 8.34. The maximum absolute atomic E-state index is 13.5. The number of fused-ring (bicyclic) bond motifs is 10. The number of rotatable bonds is 4. The number of para-hydroxylation sites is 1. The van der Waals surface area contributed by atoms with Crippen LogP contribution in [0.1, 0.15) is 11.1 Å². The van der Waals surface area contributed by atoms with E-state index < -0.39 is 23.5 Å². The highest BCUT2D eigenvalue weighted by molar-refractivity contribution is 6.36. The summed E-state index contributed by atoms with van der Waals surface area (Å²) in [5.41, 5.74) is 5.50. The second kappa shape index (κ2) is 12.8. The van der Waals surface area contributed by atoms with Gasteiger partial charge in [-0.3, -0.25) is 0 Å². The summed E-state index contributed by atoms with van der Waals surface area (Å²) < 4.78 is 83.5. The predicted octanol–water partition coefficient (Wildman–Crippen LogP) is 15.3. The molecule has 1 heterocycles. The van der Waals surface area contributed by atoms with E-state index in [-0.39, 0.29) is 0 Å². The van der Waals surface area contributed by atoms with Crippen molar-refractivity contribution in [2.24, 2.45) is 0 Å². The molecule has 0 aliphatic rings. The summed E-state index contributed by atoms with van der Waals surface area (Å²) >= 11 is 0. The predicted molar refractivity (Wildman–Crippen MR) is 220 cm³/mol. The van der Waals surface area contributed by atoms with Gasteiger partial charge in [0, 0.05) is 21.8 Å². The Hall–Kier alpha value is -6.86. The first-order valence-electron chi connectivity index (χ1n) is 18.4. The van der Waals surface area contributed by atoms with Crippen molar-refractivity contribution in [3.05, 3.63) is 187 Å². The van der Waals surface area contributed by atoms with Crippen LogP contribution in [0.2, 0.25) is 0 Å². The molecule has 1 aromatic heterocycles. The first-order chi connectivity index (χ1) is 27.5. The molecule has 10 aromatic rings. The average molecular weight is 758 g/mol. The summed E-state index contributed by atoms with van der Waals surface area (Å²) in [5, 5.41) is 8.85. The van der Waals surface area contributed by atoms with Crippen molar-refractivity contribution < 1.29 is 26.3 Å². The van der Waals surface area contributed by atoms with E-state index in [1.807, 2.05) is 48.5 Å². The molecule has 0 N–H and O–H groups in total. The van der Waals surface area contributed by atoms with Gasteiger partial charge in [0.2, 0.25) is 0 Å². The third-order valence-electron chi connectivity index (χ3n) is 11.0. The first kappa shape index (κ1) is 34.6. The highest BCUT2D eigenvalue weighted by Crippen LogP contribution is 2.46. The second-order valence-electron chi connectivity index (χ2n) is 14.3. The topological polar surface area (TPSA) is 4.93 Å². The lowest BCUT2D eigenvalue weighted by Gasteiger charge is -2.14. The van der Waals surface area contributed by atoms with Crippen LogP contribution in [0.15, 0.2) is 176 Å². The Labute approximate surface area is 322 Å². The number of benzene rings is 9. The normalized spacial score (nSPS) is 12.4. The van der Waals surface area contributed by atoms with Gasteiger partial charge < -0.3 is 4.57 Å². The average Bonchev–Trinajstić information content (AvgIpc) is 3.58. The van der Waals surface area contributed by atoms with Crippen LogP contribution in [0.5, 0.6) is 0 Å². The second-order valence-corrected chi connectivity index (χ2v) is 14.3. The van der Waals surface area contributed by atoms with E-state index in [4.69, 9.17) is 0 Å². The molecule has 0 unspecified atom stereocenters. The zero-order chi connectivity index (χ0) is 39.1. The molecule has 10 rings (SSSR count). The molecule has 7 heteroatoms. The summed E-state index contributed by atoms with van der Waals surface area (Å²) in [6, 6.07) is 53.3. The summed E-state index contributed by atoms with van der Waals surface area (Å²) in [5.74, 6) is 0. The van der Waals surface area contributed by atoms with E-state index in [2.05, 4.69) is 77.4 Å². The third-order valence-corrected chi connectivity index (χ3v) is 11.0. The molecule has 276 valence electrons. The van der Waals surface area contributed by atoms with Gasteiger partial charge in [-0.05, 0) is 127 Å². The molecule has 0 atom stereocenters. The molecule has 0 amide bonds. The van der Waals surface area contributed by atoms with Gasteiger partial charge in [0.1, 0.15) is 0 Å². The van der Waals surface area contributed by atoms with E-state index >= 15 is 0 Å². The number of halogens is 6. The lowest BCUT2D eigenvalue weighted by atomic mass is 9.91. The molecular formula is C50H29F6N. The zero-order valence-corrected chi connectivity index (χ0v) is 30.0. The number of hydrogen-bond donors (Lipinski definition) is 0. The van der Waals surface area contributed by atoms with Crippen LogP contribution in [-0.2, 0) is 12.4 Å². The van der Waals surface area contributed by atoms with Crippen LogP contribution in [0.25, 0.3) is 93.2 Å². The van der Waals surface area contributed by atoms with E-state index in [0.717, 1.165) is 95.2 Å². The summed E-state index contributed by atoms with van der Waals surface area (Å²) in [6.07, 6.45) is -9.00. The van der Waals surface area contributed by atoms with Crippen molar-refractivity contribution >= 4 is 54.1 Å². The summed E-state index contributed by atoms with van der Waals surface area (Å²) in [6.45, 7) is 0. The molecule has 57 heavy (non-hydrogen) atoms. The van der Waals surface area contributed by atoms with Crippen molar-refractivity contribution in [1.29, 1.82) is 0 Å². The van der Waals surface area contributed by atoms with Crippen molar-refractivity contribution in [2.45, 2.75) is 12.4 Å². The van der Waals surface area contributed by atoms with Gasteiger partial charge in [0.15, 0.2) is 0 Å². The molecule has 0 aliphatic carbocycles. The maximum Gasteiger partial charge on any atom is 0.416 e. The number of nitrogens with zero attached hydrogens (tertiary/aromatic N) is 1. The van der Waals surface area contributed by atoms with Crippen LogP contribution in [-0.4, -0.2) is 4.57 Å². The van der Waals surface area contributed by atoms with Crippen LogP contribution in [0.4, 0.5) is 26.3 Å². The van der Waals surface area contributed by atoms with E-state index in [0.29, 0.717) is 22.3 Å². The molecule has 0 spiro atoms. The van der Waals surface area contributed by atoms with Crippen LogP contribution in [0, 0.1) is 0 Å². The lowest BCUT2D eigenvalue weighted by Crippen LogP contribution is -2.04. The van der Waals surface area contributed by atoms with Gasteiger partial charge in [0.25, 0.3) is 0 Å². The Bertz CT molecular complexity index is 3100. The zero-order valence-electron chi connectivity index (χ0n) is 30.0. The smallest absolute Gasteiger partial charge is 0.309 e. The maximum atomic E-state index is 13.5. The molecule has 1 nitrogen and oxygen atoms in total. The van der Waals surface area contributed by atoms with E-state index in [1.54, 1.807) is 6.07 Å². The van der Waals surface area contributed by atoms with E-state index in [9.17, 15) is 26.3 Å². The first-order valence-corrected chi connectivity index (χ1v) is 18.4. The Balaban J connectivity index is 1.27. The fourth-order valence-electron chi connectivity index (χ4n) is 8.34. The van der Waals surface area contributed by atoms with Crippen LogP contribution < -0.4 is 0 Å². The minimum absolute atomic E-state index is 0.545. The number of aromatic nitrogens is 1. The van der Waals surface area contributed by atoms with Gasteiger partial charge in [-0.1, -0.05) is 109 Å². The number of hydrogen-bond acceptors (Lipinski definition) is 0. The molecule has 0 saturated heterocycles. The molecule has 0 bridgehead atoms. The molecule has 0 fully saturated rings. The Morgan fingerprint density at radius 3 is 1.40 bits per heavy atom. The summed E-state index contributed by atoms with van der Waals surface area (Å²) in [7, 11) is 0. The lowest BCUT2D eigenvalue weighted by molar-refractivity contribution is -0.138. The molecule has 0 aliphatic heterocycles. The minimum Gasteiger partial charge on any atom is -0.309 e. The van der Waals surface area contributed by atoms with Gasteiger partial charge >= 0.3 is 12.4 Å². The summed E-state index contributed by atoms with van der Waals surface area (Å²) in [4.78, 5) is 0. The van der Waals surface area contributed by atoms with Crippen molar-refractivity contribution in [3.63, 3.8) is 0 Å². The fraction of sp³-hybridized carbons (Fsp3) is 0.0400. The highest BCUT2D eigenvalue weighted by atomic mass is 19.4. The minimum atomic E-state index is -4.50. The monoisotopic (exact) mass is 757 g/mol. The SMILES string of the molecule is FC(F)(F)c1ccc(-c2cc(-c3ccc(C(F)(F)F)cc3)cc(-c3ccc4c(c3)c3c5ccccc5c5ccc6ccccc6c5c3n4-c3ccccc3)c2)cc1. The number of alkyl halides is 6. The van der Waals surface area contributed by atoms with Crippen molar-refractivity contribution in [2.75, 3.05) is 0 Å². The third kappa shape index (κ3) is 5.81. The van der Waals surface area contributed by atoms with Crippen LogP contribution in [0.3, 0.4) is 0 Å². The Morgan fingerprint density at radius 2 is 0.807 bits per heavy atom. The van der Waals surface area contributed by atoms with Gasteiger partial charge in [-0.25, -0.2) is 0 Å².